The zero-order valence-electron chi connectivity index (χ0n) is 21.6. The van der Waals surface area contributed by atoms with Gasteiger partial charge in [0.15, 0.2) is 12.4 Å². The number of amides is 1. The predicted molar refractivity (Wildman–Crippen MR) is 141 cm³/mol. The molecule has 3 aromatic rings. The minimum absolute atomic E-state index is 0.00831. The Balaban J connectivity index is 1.34. The van der Waals surface area contributed by atoms with Crippen molar-refractivity contribution in [2.45, 2.75) is 18.2 Å². The van der Waals surface area contributed by atoms with Crippen molar-refractivity contribution < 1.29 is 41.2 Å². The van der Waals surface area contributed by atoms with Crippen molar-refractivity contribution in [3.8, 4) is 17.2 Å². The maximum atomic E-state index is 12.7. The average Bonchev–Trinajstić information content (AvgIpc) is 3.33. The second-order valence-corrected chi connectivity index (χ2v) is 10.4. The van der Waals surface area contributed by atoms with Crippen molar-refractivity contribution in [2.24, 2.45) is 5.92 Å². The Morgan fingerprint density at radius 2 is 1.59 bits per heavy atom. The van der Waals surface area contributed by atoms with Crippen molar-refractivity contribution in [1.29, 1.82) is 0 Å². The predicted octanol–water partition coefficient (Wildman–Crippen LogP) is 3.56. The molecule has 0 saturated carbocycles. The van der Waals surface area contributed by atoms with Gasteiger partial charge in [0.05, 0.1) is 25.8 Å². The number of carbonyl (C=O) groups is 3. The van der Waals surface area contributed by atoms with Crippen LogP contribution >= 0.6 is 0 Å². The number of benzene rings is 3. The summed E-state index contributed by atoms with van der Waals surface area (Å²) in [5.74, 6) is -1.21. The Labute approximate surface area is 226 Å². The number of aryl methyl sites for hydroxylation is 1. The third-order valence-electron chi connectivity index (χ3n) is 6.17. The molecular weight excluding hydrogens is 526 g/mol. The quantitative estimate of drug-likeness (QED) is 0.210. The third kappa shape index (κ3) is 6.37. The number of rotatable bonds is 10. The smallest absolute Gasteiger partial charge is 0.339 e. The third-order valence-corrected chi connectivity index (χ3v) is 7.43. The molecule has 4 rings (SSSR count). The highest BCUT2D eigenvalue weighted by Crippen LogP contribution is 2.36. The van der Waals surface area contributed by atoms with Crippen molar-refractivity contribution in [3.63, 3.8) is 0 Å². The van der Waals surface area contributed by atoms with Gasteiger partial charge in [0.1, 0.15) is 22.1 Å². The Hall–Kier alpha value is -4.38. The van der Waals surface area contributed by atoms with Crippen LogP contribution in [0.3, 0.4) is 0 Å². The molecule has 10 nitrogen and oxygen atoms in total. The van der Waals surface area contributed by atoms with E-state index in [2.05, 4.69) is 0 Å². The van der Waals surface area contributed by atoms with Crippen LogP contribution in [-0.4, -0.2) is 53.4 Å². The van der Waals surface area contributed by atoms with Gasteiger partial charge in [-0.3, -0.25) is 14.4 Å². The molecule has 0 radical (unpaired) electrons. The van der Waals surface area contributed by atoms with Gasteiger partial charge in [-0.05, 0) is 55.5 Å². The molecule has 0 bridgehead atoms. The second-order valence-electron chi connectivity index (χ2n) is 8.85. The van der Waals surface area contributed by atoms with Crippen LogP contribution in [0.1, 0.15) is 22.3 Å². The minimum Gasteiger partial charge on any atom is -0.497 e. The molecule has 3 aromatic carbocycles. The van der Waals surface area contributed by atoms with Gasteiger partial charge in [-0.2, -0.15) is 8.42 Å². The van der Waals surface area contributed by atoms with Gasteiger partial charge in [0.2, 0.25) is 5.91 Å². The zero-order chi connectivity index (χ0) is 28.2. The van der Waals surface area contributed by atoms with Crippen LogP contribution in [-0.2, 0) is 24.4 Å². The van der Waals surface area contributed by atoms with Crippen LogP contribution in [0.25, 0.3) is 0 Å². The van der Waals surface area contributed by atoms with E-state index < -0.39 is 34.4 Å². The molecule has 204 valence electrons. The molecule has 39 heavy (non-hydrogen) atoms. The van der Waals surface area contributed by atoms with Gasteiger partial charge < -0.3 is 23.3 Å². The van der Waals surface area contributed by atoms with Gasteiger partial charge in [-0.15, -0.1) is 0 Å². The molecule has 0 aliphatic carbocycles. The minimum atomic E-state index is -4.03. The molecule has 1 fully saturated rings. The van der Waals surface area contributed by atoms with E-state index in [0.717, 1.165) is 5.56 Å². The Kier molecular flexibility index (Phi) is 8.20. The van der Waals surface area contributed by atoms with Crippen LogP contribution in [0.4, 0.5) is 5.69 Å². The molecule has 0 spiro atoms. The van der Waals surface area contributed by atoms with E-state index in [9.17, 15) is 22.8 Å². The summed E-state index contributed by atoms with van der Waals surface area (Å²) in [6.45, 7) is 1.37. The number of carbonyl (C=O) groups excluding carboxylic acids is 3. The molecule has 1 aliphatic rings. The Bertz CT molecular complexity index is 1480. The highest BCUT2D eigenvalue weighted by molar-refractivity contribution is 7.87. The molecule has 1 aliphatic heterocycles. The fourth-order valence-corrected chi connectivity index (χ4v) is 4.95. The summed E-state index contributed by atoms with van der Waals surface area (Å²) in [6, 6.07) is 16.7. The lowest BCUT2D eigenvalue weighted by atomic mass is 10.1. The van der Waals surface area contributed by atoms with E-state index in [0.29, 0.717) is 17.2 Å². The lowest BCUT2D eigenvalue weighted by Crippen LogP contribution is -2.27. The molecule has 0 unspecified atom stereocenters. The summed E-state index contributed by atoms with van der Waals surface area (Å²) in [5, 5.41) is 0. The summed E-state index contributed by atoms with van der Waals surface area (Å²) in [7, 11) is -1.05. The fraction of sp³-hybridized carbons (Fsp3) is 0.250. The summed E-state index contributed by atoms with van der Waals surface area (Å²) in [4.78, 5) is 39.3. The fourth-order valence-electron chi connectivity index (χ4n) is 4.02. The van der Waals surface area contributed by atoms with E-state index in [1.165, 1.54) is 55.5 Å². The number of nitrogens with zero attached hydrogens (tertiary/aromatic N) is 1. The number of hydrogen-bond donors (Lipinski definition) is 0. The topological polar surface area (TPSA) is 126 Å². The van der Waals surface area contributed by atoms with Gasteiger partial charge in [0.25, 0.3) is 0 Å². The first-order chi connectivity index (χ1) is 18.6. The standard InChI is InChI=1S/C28H27NO9S/c1-18-4-11-23(12-5-18)39(33,34)38-21-8-6-19(7-9-21)25(30)17-37-28(32)20-14-27(31)29(16-20)24-15-22(35-2)10-13-26(24)36-3/h4-13,15,20H,14,16-17H2,1-3H3/t20-/m1/s1. The Morgan fingerprint density at radius 1 is 0.923 bits per heavy atom. The van der Waals surface area contributed by atoms with Crippen molar-refractivity contribution in [3.05, 3.63) is 77.9 Å². The van der Waals surface area contributed by atoms with Crippen LogP contribution in [0.15, 0.2) is 71.6 Å². The first-order valence-electron chi connectivity index (χ1n) is 11.9. The van der Waals surface area contributed by atoms with Crippen molar-refractivity contribution in [1.82, 2.24) is 0 Å². The van der Waals surface area contributed by atoms with Crippen molar-refractivity contribution in [2.75, 3.05) is 32.3 Å². The number of ketones is 1. The highest BCUT2D eigenvalue weighted by Gasteiger charge is 2.37. The molecule has 1 saturated heterocycles. The number of Topliss-reactive ketones (excluding diaryl/α,β-unsaturated/α-hetero) is 1. The Morgan fingerprint density at radius 3 is 2.23 bits per heavy atom. The summed E-state index contributed by atoms with van der Waals surface area (Å²) in [6.07, 6.45) is -0.0745. The maximum absolute atomic E-state index is 12.7. The molecule has 11 heteroatoms. The van der Waals surface area contributed by atoms with Crippen LogP contribution in [0.2, 0.25) is 0 Å². The molecule has 1 amide bonds. The van der Waals surface area contributed by atoms with Gasteiger partial charge >= 0.3 is 16.1 Å². The molecule has 0 aromatic heterocycles. The molecule has 1 atom stereocenters. The van der Waals surface area contributed by atoms with Gasteiger partial charge in [0, 0.05) is 24.6 Å². The van der Waals surface area contributed by atoms with E-state index in [4.69, 9.17) is 18.4 Å². The zero-order valence-corrected chi connectivity index (χ0v) is 22.4. The number of anilines is 1. The van der Waals surface area contributed by atoms with E-state index in [1.54, 1.807) is 30.3 Å². The van der Waals surface area contributed by atoms with Gasteiger partial charge in [-0.25, -0.2) is 0 Å². The summed E-state index contributed by atoms with van der Waals surface area (Å²) in [5.41, 5.74) is 1.58. The van der Waals surface area contributed by atoms with E-state index in [-0.39, 0.29) is 35.1 Å². The molecular formula is C28H27NO9S. The normalized spacial score (nSPS) is 15.1. The monoisotopic (exact) mass is 553 g/mol. The maximum Gasteiger partial charge on any atom is 0.339 e. The van der Waals surface area contributed by atoms with E-state index >= 15 is 0 Å². The van der Waals surface area contributed by atoms with E-state index in [1.807, 2.05) is 6.92 Å². The lowest BCUT2D eigenvalue weighted by Gasteiger charge is -2.20. The largest absolute Gasteiger partial charge is 0.497 e. The number of esters is 1. The first-order valence-corrected chi connectivity index (χ1v) is 13.4. The number of hydrogen-bond acceptors (Lipinski definition) is 9. The first kappa shape index (κ1) is 27.6. The van der Waals surface area contributed by atoms with Gasteiger partial charge in [-0.1, -0.05) is 17.7 Å². The van der Waals surface area contributed by atoms with Crippen molar-refractivity contribution >= 4 is 33.5 Å². The highest BCUT2D eigenvalue weighted by atomic mass is 32.2. The number of ether oxygens (including phenoxy) is 3. The van der Waals surface area contributed by atoms with Crippen LogP contribution < -0.4 is 18.6 Å². The average molecular weight is 554 g/mol. The lowest BCUT2D eigenvalue weighted by molar-refractivity contribution is -0.147. The summed E-state index contributed by atoms with van der Waals surface area (Å²) >= 11 is 0. The number of methoxy groups -OCH3 is 2. The molecule has 1 heterocycles. The SMILES string of the molecule is COc1ccc(OC)c(N2C[C@H](C(=O)OCC(=O)c3ccc(OS(=O)(=O)c4ccc(C)cc4)cc3)CC2=O)c1. The van der Waals surface area contributed by atoms with Crippen LogP contribution in [0.5, 0.6) is 17.2 Å². The second kappa shape index (κ2) is 11.6. The molecule has 0 N–H and O–H groups in total. The summed E-state index contributed by atoms with van der Waals surface area (Å²) < 4.78 is 45.8. The van der Waals surface area contributed by atoms with Crippen LogP contribution in [0, 0.1) is 12.8 Å².